The highest BCUT2D eigenvalue weighted by Gasteiger charge is 2.29. The number of hydrogen-bond donors (Lipinski definition) is 1. The molecule has 0 aromatic heterocycles. The molecule has 0 aliphatic carbocycles. The first-order valence-corrected chi connectivity index (χ1v) is 9.06. The van der Waals surface area contributed by atoms with Crippen LogP contribution in [0, 0.1) is 5.92 Å². The molecule has 0 radical (unpaired) electrons. The van der Waals surface area contributed by atoms with Gasteiger partial charge in [-0.1, -0.05) is 19.1 Å². The average molecular weight is 312 g/mol. The summed E-state index contributed by atoms with van der Waals surface area (Å²) in [6.45, 7) is 4.09. The molecule has 0 bridgehead atoms. The van der Waals surface area contributed by atoms with E-state index in [1.807, 2.05) is 24.3 Å². The van der Waals surface area contributed by atoms with Gasteiger partial charge in [-0.25, -0.2) is 12.7 Å². The Morgan fingerprint density at radius 3 is 2.52 bits per heavy atom. The van der Waals surface area contributed by atoms with Crippen molar-refractivity contribution in [2.75, 3.05) is 26.5 Å². The minimum absolute atomic E-state index is 0.312. The van der Waals surface area contributed by atoms with Gasteiger partial charge in [0.1, 0.15) is 5.75 Å². The van der Waals surface area contributed by atoms with Crippen molar-refractivity contribution < 1.29 is 13.2 Å². The molecule has 1 saturated heterocycles. The Morgan fingerprint density at radius 2 is 2.00 bits per heavy atom. The van der Waals surface area contributed by atoms with E-state index >= 15 is 0 Å². The first-order valence-electron chi connectivity index (χ1n) is 7.21. The van der Waals surface area contributed by atoms with Crippen molar-refractivity contribution in [2.24, 2.45) is 5.92 Å². The second-order valence-electron chi connectivity index (χ2n) is 5.72. The van der Waals surface area contributed by atoms with Gasteiger partial charge in [0, 0.05) is 25.7 Å². The fraction of sp³-hybridized carbons (Fsp3) is 0.600. The second kappa shape index (κ2) is 6.77. The summed E-state index contributed by atoms with van der Waals surface area (Å²) in [6.07, 6.45) is 2.13. The van der Waals surface area contributed by atoms with Crippen molar-refractivity contribution in [3.8, 4) is 5.75 Å². The molecule has 2 atom stereocenters. The summed E-state index contributed by atoms with van der Waals surface area (Å²) in [5, 5.41) is 3.53. The van der Waals surface area contributed by atoms with E-state index in [0.29, 0.717) is 25.0 Å². The van der Waals surface area contributed by atoms with Crippen molar-refractivity contribution >= 4 is 10.0 Å². The Morgan fingerprint density at radius 1 is 1.33 bits per heavy atom. The Balaban J connectivity index is 1.86. The lowest BCUT2D eigenvalue weighted by Gasteiger charge is -2.36. The third-order valence-electron chi connectivity index (χ3n) is 4.06. The molecule has 21 heavy (non-hydrogen) atoms. The second-order valence-corrected chi connectivity index (χ2v) is 7.70. The highest BCUT2D eigenvalue weighted by Crippen LogP contribution is 2.19. The van der Waals surface area contributed by atoms with E-state index < -0.39 is 10.0 Å². The largest absolute Gasteiger partial charge is 0.497 e. The molecule has 1 aromatic rings. The zero-order valence-electron chi connectivity index (χ0n) is 12.9. The fourth-order valence-electron chi connectivity index (χ4n) is 2.70. The molecule has 1 aliphatic heterocycles. The fourth-order valence-corrected chi connectivity index (χ4v) is 3.65. The Hall–Kier alpha value is -1.11. The Kier molecular flexibility index (Phi) is 5.24. The third-order valence-corrected chi connectivity index (χ3v) is 5.33. The molecule has 6 heteroatoms. The van der Waals surface area contributed by atoms with Crippen molar-refractivity contribution in [1.29, 1.82) is 0 Å². The van der Waals surface area contributed by atoms with Crippen LogP contribution in [0.1, 0.15) is 18.9 Å². The van der Waals surface area contributed by atoms with Crippen LogP contribution in [0.2, 0.25) is 0 Å². The predicted molar refractivity (Wildman–Crippen MR) is 83.8 cm³/mol. The maximum atomic E-state index is 11.6. The first-order chi connectivity index (χ1) is 9.90. The van der Waals surface area contributed by atoms with Gasteiger partial charge in [0.05, 0.1) is 13.4 Å². The van der Waals surface area contributed by atoms with Crippen molar-refractivity contribution in [1.82, 2.24) is 9.62 Å². The lowest BCUT2D eigenvalue weighted by molar-refractivity contribution is 0.220. The topological polar surface area (TPSA) is 58.6 Å². The highest BCUT2D eigenvalue weighted by atomic mass is 32.2. The van der Waals surface area contributed by atoms with Crippen LogP contribution in [-0.2, 0) is 16.6 Å². The van der Waals surface area contributed by atoms with E-state index in [1.54, 1.807) is 11.4 Å². The van der Waals surface area contributed by atoms with Crippen LogP contribution in [0.5, 0.6) is 5.75 Å². The molecule has 1 heterocycles. The molecule has 1 aromatic carbocycles. The molecule has 2 rings (SSSR count). The molecular weight excluding hydrogens is 288 g/mol. The summed E-state index contributed by atoms with van der Waals surface area (Å²) in [7, 11) is -1.41. The number of nitrogens with one attached hydrogen (secondary N) is 1. The minimum Gasteiger partial charge on any atom is -0.497 e. The number of hydrogen-bond acceptors (Lipinski definition) is 4. The van der Waals surface area contributed by atoms with Gasteiger partial charge in [-0.2, -0.15) is 0 Å². The zero-order valence-corrected chi connectivity index (χ0v) is 13.7. The highest BCUT2D eigenvalue weighted by molar-refractivity contribution is 7.88. The van der Waals surface area contributed by atoms with Gasteiger partial charge in [-0.3, -0.25) is 0 Å². The molecule has 1 aliphatic rings. The third kappa shape index (κ3) is 4.43. The number of ether oxygens (including phenoxy) is 1. The van der Waals surface area contributed by atoms with Gasteiger partial charge in [0.2, 0.25) is 10.0 Å². The zero-order chi connectivity index (χ0) is 15.5. The van der Waals surface area contributed by atoms with E-state index in [1.165, 1.54) is 11.8 Å². The molecule has 118 valence electrons. The van der Waals surface area contributed by atoms with Crippen LogP contribution in [-0.4, -0.2) is 45.2 Å². The monoisotopic (exact) mass is 312 g/mol. The van der Waals surface area contributed by atoms with Crippen LogP contribution in [0.3, 0.4) is 0 Å². The molecule has 2 unspecified atom stereocenters. The average Bonchev–Trinajstić information content (AvgIpc) is 2.45. The summed E-state index contributed by atoms with van der Waals surface area (Å²) >= 11 is 0. The van der Waals surface area contributed by atoms with Crippen LogP contribution in [0.4, 0.5) is 0 Å². The smallest absolute Gasteiger partial charge is 0.211 e. The number of methoxy groups -OCH3 is 1. The summed E-state index contributed by atoms with van der Waals surface area (Å²) in [5.41, 5.74) is 1.20. The van der Waals surface area contributed by atoms with E-state index in [9.17, 15) is 8.42 Å². The quantitative estimate of drug-likeness (QED) is 0.894. The predicted octanol–water partition coefficient (Wildman–Crippen LogP) is 1.45. The van der Waals surface area contributed by atoms with E-state index in [-0.39, 0.29) is 0 Å². The van der Waals surface area contributed by atoms with Crippen LogP contribution >= 0.6 is 0 Å². The minimum atomic E-state index is -3.07. The molecule has 1 N–H and O–H groups in total. The van der Waals surface area contributed by atoms with E-state index in [4.69, 9.17) is 4.74 Å². The van der Waals surface area contributed by atoms with E-state index in [2.05, 4.69) is 12.2 Å². The van der Waals surface area contributed by atoms with Gasteiger partial charge >= 0.3 is 0 Å². The maximum Gasteiger partial charge on any atom is 0.211 e. The molecule has 0 spiro atoms. The SMILES string of the molecule is COc1ccc(CNC2CCN(S(C)(=O)=O)CC2C)cc1. The maximum absolute atomic E-state index is 11.6. The normalized spacial score (nSPS) is 24.0. The number of nitrogens with zero attached hydrogens (tertiary/aromatic N) is 1. The van der Waals surface area contributed by atoms with Crippen LogP contribution in [0.15, 0.2) is 24.3 Å². The van der Waals surface area contributed by atoms with Gasteiger partial charge in [0.15, 0.2) is 0 Å². The number of benzene rings is 1. The Labute approximate surface area is 127 Å². The van der Waals surface area contributed by atoms with Gasteiger partial charge in [-0.15, -0.1) is 0 Å². The molecule has 1 fully saturated rings. The van der Waals surface area contributed by atoms with Crippen molar-refractivity contribution in [3.63, 3.8) is 0 Å². The van der Waals surface area contributed by atoms with Gasteiger partial charge in [-0.05, 0) is 30.0 Å². The Bertz CT molecular complexity index is 557. The summed E-state index contributed by atoms with van der Waals surface area (Å²) in [6, 6.07) is 8.34. The molecular formula is C15H24N2O3S. The van der Waals surface area contributed by atoms with Gasteiger partial charge in [0.25, 0.3) is 0 Å². The van der Waals surface area contributed by atoms with Crippen molar-refractivity contribution in [3.05, 3.63) is 29.8 Å². The standard InChI is InChI=1S/C15H24N2O3S/c1-12-11-17(21(3,18)19)9-8-15(12)16-10-13-4-6-14(20-2)7-5-13/h4-7,12,15-16H,8-11H2,1-3H3. The molecule has 0 amide bonds. The number of rotatable bonds is 5. The molecule has 0 saturated carbocycles. The van der Waals surface area contributed by atoms with Crippen molar-refractivity contribution in [2.45, 2.75) is 25.9 Å². The van der Waals surface area contributed by atoms with Crippen LogP contribution in [0.25, 0.3) is 0 Å². The first kappa shape index (κ1) is 16.3. The van der Waals surface area contributed by atoms with Gasteiger partial charge < -0.3 is 10.1 Å². The summed E-state index contributed by atoms with van der Waals surface area (Å²) < 4.78 is 29.9. The number of sulfonamides is 1. The number of piperidine rings is 1. The summed E-state index contributed by atoms with van der Waals surface area (Å²) in [5.74, 6) is 1.17. The van der Waals surface area contributed by atoms with E-state index in [0.717, 1.165) is 18.7 Å². The van der Waals surface area contributed by atoms with Crippen LogP contribution < -0.4 is 10.1 Å². The lowest BCUT2D eigenvalue weighted by atomic mass is 9.95. The summed E-state index contributed by atoms with van der Waals surface area (Å²) in [4.78, 5) is 0. The lowest BCUT2D eigenvalue weighted by Crippen LogP contribution is -2.49. The molecule has 5 nitrogen and oxygen atoms in total.